The van der Waals surface area contributed by atoms with E-state index < -0.39 is 17.7 Å². The van der Waals surface area contributed by atoms with Gasteiger partial charge in [-0.1, -0.05) is 60.2 Å². The summed E-state index contributed by atoms with van der Waals surface area (Å²) in [5, 5.41) is 11.8. The second-order valence-corrected chi connectivity index (χ2v) is 10.0. The molecule has 1 fully saturated rings. The van der Waals surface area contributed by atoms with E-state index in [0.717, 1.165) is 27.8 Å². The fourth-order valence-corrected chi connectivity index (χ4v) is 5.68. The van der Waals surface area contributed by atoms with Crippen LogP contribution in [0.2, 0.25) is 0 Å². The molecular weight excluding hydrogens is 500 g/mol. The summed E-state index contributed by atoms with van der Waals surface area (Å²) in [6.07, 6.45) is 0.871. The third-order valence-corrected chi connectivity index (χ3v) is 7.65. The van der Waals surface area contributed by atoms with Crippen LogP contribution >= 0.6 is 11.3 Å². The van der Waals surface area contributed by atoms with E-state index in [1.165, 1.54) is 23.3 Å². The molecule has 1 N–H and O–H groups in total. The Kier molecular flexibility index (Phi) is 6.91. The van der Waals surface area contributed by atoms with Crippen molar-refractivity contribution >= 4 is 44.1 Å². The highest BCUT2D eigenvalue weighted by molar-refractivity contribution is 7.22. The molecule has 0 radical (unpaired) electrons. The average Bonchev–Trinajstić information content (AvgIpc) is 3.46. The summed E-state index contributed by atoms with van der Waals surface area (Å²) in [7, 11) is 1.53. The first kappa shape index (κ1) is 25.5. The number of Topliss-reactive ketones (excluding diaryl/α,β-unsaturated/α-hetero) is 1. The third-order valence-electron chi connectivity index (χ3n) is 6.63. The highest BCUT2D eigenvalue weighted by atomic mass is 32.1. The number of carbonyl (C=O) groups is 2. The number of amides is 1. The van der Waals surface area contributed by atoms with Crippen molar-refractivity contribution in [2.24, 2.45) is 0 Å². The maximum absolute atomic E-state index is 13.6. The van der Waals surface area contributed by atoms with Gasteiger partial charge in [-0.2, -0.15) is 0 Å². The van der Waals surface area contributed by atoms with E-state index in [2.05, 4.69) is 6.92 Å². The zero-order valence-electron chi connectivity index (χ0n) is 21.6. The van der Waals surface area contributed by atoms with Gasteiger partial charge in [-0.05, 0) is 55.7 Å². The van der Waals surface area contributed by atoms with Gasteiger partial charge in [0.15, 0.2) is 16.6 Å². The summed E-state index contributed by atoms with van der Waals surface area (Å²) in [6.45, 7) is 6.34. The Balaban J connectivity index is 1.72. The number of thiazole rings is 1. The molecule has 1 aliphatic rings. The summed E-state index contributed by atoms with van der Waals surface area (Å²) >= 11 is 1.34. The van der Waals surface area contributed by atoms with Gasteiger partial charge in [-0.15, -0.1) is 0 Å². The number of hydrogen-bond donors (Lipinski definition) is 1. The van der Waals surface area contributed by atoms with E-state index in [0.29, 0.717) is 34.4 Å². The molecule has 1 amide bonds. The van der Waals surface area contributed by atoms with E-state index >= 15 is 0 Å². The van der Waals surface area contributed by atoms with Crippen molar-refractivity contribution in [3.63, 3.8) is 0 Å². The fraction of sp³-hybridized carbons (Fsp3) is 0.233. The molecule has 194 valence electrons. The molecule has 0 unspecified atom stereocenters. The number of ketones is 1. The SMILES string of the molecule is CCOc1ccc([C@@H]2/C(=C(\O)c3ccc(C)cc3)C(=O)C(=O)N2c2nc3ccc(CC)cc3s2)cc1OC. The first-order valence-electron chi connectivity index (χ1n) is 12.4. The van der Waals surface area contributed by atoms with Gasteiger partial charge in [0, 0.05) is 5.56 Å². The number of hydrogen-bond acceptors (Lipinski definition) is 7. The van der Waals surface area contributed by atoms with Gasteiger partial charge in [0.2, 0.25) is 0 Å². The molecule has 0 spiro atoms. The van der Waals surface area contributed by atoms with Gasteiger partial charge in [0.05, 0.1) is 35.5 Å². The molecule has 5 rings (SSSR count). The minimum Gasteiger partial charge on any atom is -0.507 e. The predicted molar refractivity (Wildman–Crippen MR) is 149 cm³/mol. The number of ether oxygens (including phenoxy) is 2. The molecule has 4 aromatic rings. The van der Waals surface area contributed by atoms with E-state index in [4.69, 9.17) is 14.5 Å². The number of benzene rings is 3. The van der Waals surface area contributed by atoms with E-state index in [9.17, 15) is 14.7 Å². The first-order chi connectivity index (χ1) is 18.4. The van der Waals surface area contributed by atoms with Crippen molar-refractivity contribution in [3.05, 3.63) is 88.5 Å². The molecule has 2 heterocycles. The van der Waals surface area contributed by atoms with E-state index in [-0.39, 0.29) is 11.3 Å². The molecule has 7 nitrogen and oxygen atoms in total. The lowest BCUT2D eigenvalue weighted by atomic mass is 9.95. The quantitative estimate of drug-likeness (QED) is 0.175. The standard InChI is InChI=1S/C30H28N2O5S/c1-5-18-9-13-21-24(15-18)38-30(31-21)32-26(20-12-14-22(37-6-2)23(16-20)36-4)25(28(34)29(32)35)27(33)19-10-7-17(3)8-11-19/h7-16,26,33H,5-6H2,1-4H3/b27-25+/t26-/m1/s1. The Morgan fingerprint density at radius 3 is 2.47 bits per heavy atom. The normalized spacial score (nSPS) is 16.8. The summed E-state index contributed by atoms with van der Waals surface area (Å²) < 4.78 is 12.1. The minimum atomic E-state index is -0.910. The van der Waals surface area contributed by atoms with Gasteiger partial charge in [0.1, 0.15) is 5.76 Å². The molecule has 1 aromatic heterocycles. The Labute approximate surface area is 225 Å². The molecule has 1 saturated heterocycles. The van der Waals surface area contributed by atoms with E-state index in [1.54, 1.807) is 30.3 Å². The number of fused-ring (bicyclic) bond motifs is 1. The lowest BCUT2D eigenvalue weighted by Crippen LogP contribution is -2.29. The number of anilines is 1. The zero-order chi connectivity index (χ0) is 27.0. The summed E-state index contributed by atoms with van der Waals surface area (Å²) in [5.74, 6) is -0.748. The van der Waals surface area contributed by atoms with Gasteiger partial charge in [0.25, 0.3) is 5.78 Å². The number of carbonyl (C=O) groups excluding carboxylic acids is 2. The summed E-state index contributed by atoms with van der Waals surface area (Å²) in [6, 6.07) is 17.5. The molecule has 8 heteroatoms. The Bertz CT molecular complexity index is 1570. The van der Waals surface area contributed by atoms with Crippen LogP contribution in [-0.2, 0) is 16.0 Å². The molecule has 1 aliphatic heterocycles. The van der Waals surface area contributed by atoms with Crippen LogP contribution < -0.4 is 14.4 Å². The highest BCUT2D eigenvalue weighted by Gasteiger charge is 2.48. The topological polar surface area (TPSA) is 89.0 Å². The average molecular weight is 529 g/mol. The van der Waals surface area contributed by atoms with Crippen LogP contribution in [0.5, 0.6) is 11.5 Å². The van der Waals surface area contributed by atoms with Gasteiger partial charge >= 0.3 is 5.91 Å². The first-order valence-corrected chi connectivity index (χ1v) is 13.3. The van der Waals surface area contributed by atoms with Crippen LogP contribution in [0.1, 0.15) is 42.1 Å². The lowest BCUT2D eigenvalue weighted by Gasteiger charge is -2.24. The number of aliphatic hydroxyl groups is 1. The van der Waals surface area contributed by atoms with Crippen molar-refractivity contribution < 1.29 is 24.2 Å². The number of methoxy groups -OCH3 is 1. The van der Waals surface area contributed by atoms with Crippen molar-refractivity contribution in [1.29, 1.82) is 0 Å². The van der Waals surface area contributed by atoms with E-state index in [1.807, 2.05) is 44.2 Å². The molecule has 1 atom stereocenters. The highest BCUT2D eigenvalue weighted by Crippen LogP contribution is 2.46. The van der Waals surface area contributed by atoms with Crippen LogP contribution in [0.15, 0.2) is 66.2 Å². The molecule has 0 saturated carbocycles. The second kappa shape index (κ2) is 10.3. The number of aromatic nitrogens is 1. The Hall–Kier alpha value is -4.17. The number of rotatable bonds is 7. The maximum Gasteiger partial charge on any atom is 0.301 e. The van der Waals surface area contributed by atoms with Crippen LogP contribution in [-0.4, -0.2) is 35.5 Å². The molecule has 3 aromatic carbocycles. The molecule has 38 heavy (non-hydrogen) atoms. The maximum atomic E-state index is 13.6. The number of aliphatic hydroxyl groups excluding tert-OH is 1. The minimum absolute atomic E-state index is 0.00132. The Morgan fingerprint density at radius 1 is 1.03 bits per heavy atom. The Morgan fingerprint density at radius 2 is 1.79 bits per heavy atom. The predicted octanol–water partition coefficient (Wildman–Crippen LogP) is 6.20. The molecule has 0 bridgehead atoms. The third kappa shape index (κ3) is 4.41. The fourth-order valence-electron chi connectivity index (χ4n) is 4.62. The zero-order valence-corrected chi connectivity index (χ0v) is 22.5. The van der Waals surface area contributed by atoms with Gasteiger partial charge in [-0.3, -0.25) is 14.5 Å². The van der Waals surface area contributed by atoms with Crippen molar-refractivity contribution in [3.8, 4) is 11.5 Å². The molecule has 0 aliphatic carbocycles. The summed E-state index contributed by atoms with van der Waals surface area (Å²) in [4.78, 5) is 33.2. The summed E-state index contributed by atoms with van der Waals surface area (Å²) in [5.41, 5.74) is 3.95. The number of aryl methyl sites for hydroxylation is 2. The van der Waals surface area contributed by atoms with Crippen LogP contribution in [0.4, 0.5) is 5.13 Å². The number of nitrogens with zero attached hydrogens (tertiary/aromatic N) is 2. The molecular formula is C30H28N2O5S. The monoisotopic (exact) mass is 528 g/mol. The van der Waals surface area contributed by atoms with Crippen LogP contribution in [0.3, 0.4) is 0 Å². The largest absolute Gasteiger partial charge is 0.507 e. The van der Waals surface area contributed by atoms with Gasteiger partial charge < -0.3 is 14.6 Å². The van der Waals surface area contributed by atoms with Crippen LogP contribution in [0, 0.1) is 6.92 Å². The lowest BCUT2D eigenvalue weighted by molar-refractivity contribution is -0.132. The van der Waals surface area contributed by atoms with Crippen molar-refractivity contribution in [2.45, 2.75) is 33.2 Å². The second-order valence-electron chi connectivity index (χ2n) is 9.03. The van der Waals surface area contributed by atoms with Crippen molar-refractivity contribution in [1.82, 2.24) is 4.98 Å². The van der Waals surface area contributed by atoms with Gasteiger partial charge in [-0.25, -0.2) is 4.98 Å². The van der Waals surface area contributed by atoms with Crippen molar-refractivity contribution in [2.75, 3.05) is 18.6 Å². The van der Waals surface area contributed by atoms with Crippen LogP contribution in [0.25, 0.3) is 16.0 Å². The smallest absolute Gasteiger partial charge is 0.301 e.